The van der Waals surface area contributed by atoms with Gasteiger partial charge in [0.1, 0.15) is 18.1 Å². The number of ether oxygens (including phenoxy) is 1. The number of aryl methyl sites for hydroxylation is 1. The Morgan fingerprint density at radius 2 is 1.49 bits per heavy atom. The Morgan fingerprint density at radius 3 is 2.19 bits per heavy atom. The quantitative estimate of drug-likeness (QED) is 0.0492. The van der Waals surface area contributed by atoms with Crippen LogP contribution in [0.2, 0.25) is 0 Å². The molecule has 14 heteroatoms. The first-order valence-corrected chi connectivity index (χ1v) is 25.2. The van der Waals surface area contributed by atoms with Gasteiger partial charge in [-0.15, -0.1) is 0 Å². The zero-order valence-corrected chi connectivity index (χ0v) is 38.6. The topological polar surface area (TPSA) is 179 Å². The molecule has 0 bridgehead atoms. The van der Waals surface area contributed by atoms with Crippen molar-refractivity contribution in [1.82, 2.24) is 5.32 Å². The van der Waals surface area contributed by atoms with Gasteiger partial charge in [0.15, 0.2) is 5.71 Å². The molecule has 2 heterocycles. The zero-order chi connectivity index (χ0) is 45.4. The number of fused-ring (bicyclic) bond motifs is 2. The molecule has 3 aromatic carbocycles. The van der Waals surface area contributed by atoms with Crippen molar-refractivity contribution in [2.24, 2.45) is 5.73 Å². The lowest BCUT2D eigenvalue weighted by molar-refractivity contribution is -0.438. The lowest BCUT2D eigenvalue weighted by Crippen LogP contribution is -2.29. The maximum atomic E-state index is 12.3. The molecular weight excluding hydrogens is 837 g/mol. The molecule has 6 rings (SSSR count). The minimum absolute atomic E-state index is 0.0400. The summed E-state index contributed by atoms with van der Waals surface area (Å²) in [7, 11) is -8.11. The van der Waals surface area contributed by atoms with Gasteiger partial charge in [0.25, 0.3) is 20.2 Å². The van der Waals surface area contributed by atoms with Crippen LogP contribution in [-0.4, -0.2) is 79.8 Å². The van der Waals surface area contributed by atoms with Gasteiger partial charge in [-0.05, 0) is 111 Å². The number of para-hydroxylation sites is 2. The van der Waals surface area contributed by atoms with Crippen LogP contribution >= 0.6 is 0 Å². The van der Waals surface area contributed by atoms with Crippen molar-refractivity contribution < 1.29 is 40.0 Å². The number of hydrogen-bond acceptors (Lipinski definition) is 8. The molecule has 0 atom stereocenters. The van der Waals surface area contributed by atoms with Gasteiger partial charge in [-0.25, -0.2) is 0 Å². The third-order valence-corrected chi connectivity index (χ3v) is 13.9. The lowest BCUT2D eigenvalue weighted by atomic mass is 9.81. The van der Waals surface area contributed by atoms with Crippen molar-refractivity contribution in [3.05, 3.63) is 136 Å². The number of anilines is 1. The van der Waals surface area contributed by atoms with Crippen LogP contribution in [-0.2, 0) is 42.3 Å². The maximum Gasteiger partial charge on any atom is 0.264 e. The Balaban J connectivity index is 1.38. The minimum Gasteiger partial charge on any atom is -0.457 e. The molecule has 0 saturated heterocycles. The molecule has 2 aliphatic heterocycles. The van der Waals surface area contributed by atoms with Gasteiger partial charge in [-0.2, -0.15) is 21.4 Å². The van der Waals surface area contributed by atoms with Crippen LogP contribution in [0.4, 0.5) is 11.4 Å². The van der Waals surface area contributed by atoms with Crippen LogP contribution in [0.3, 0.4) is 0 Å². The van der Waals surface area contributed by atoms with E-state index in [2.05, 4.69) is 91.1 Å². The molecule has 3 aliphatic rings. The Bertz CT molecular complexity index is 2540. The number of amides is 1. The molecule has 5 N–H and O–H groups in total. The van der Waals surface area contributed by atoms with Crippen molar-refractivity contribution in [3.8, 4) is 5.75 Å². The highest BCUT2D eigenvalue weighted by atomic mass is 32.2. The fourth-order valence-electron chi connectivity index (χ4n) is 8.98. The molecule has 0 spiro atoms. The number of benzene rings is 3. The molecule has 338 valence electrons. The number of hydrogen-bond donors (Lipinski definition) is 4. The van der Waals surface area contributed by atoms with Gasteiger partial charge in [-0.3, -0.25) is 13.9 Å². The summed E-state index contributed by atoms with van der Waals surface area (Å²) in [6, 6.07) is 24.4. The fraction of sp³-hybridized carbons (Fsp3) is 0.429. The summed E-state index contributed by atoms with van der Waals surface area (Å²) in [6.07, 6.45) is 13.9. The third kappa shape index (κ3) is 12.0. The van der Waals surface area contributed by atoms with E-state index in [4.69, 9.17) is 10.5 Å². The van der Waals surface area contributed by atoms with Crippen molar-refractivity contribution in [1.29, 1.82) is 0 Å². The Morgan fingerprint density at radius 1 is 0.825 bits per heavy atom. The predicted molar refractivity (Wildman–Crippen MR) is 251 cm³/mol. The first-order chi connectivity index (χ1) is 29.9. The molecule has 0 aromatic heterocycles. The largest absolute Gasteiger partial charge is 0.457 e. The van der Waals surface area contributed by atoms with Crippen LogP contribution in [0.1, 0.15) is 95.8 Å². The predicted octanol–water partition coefficient (Wildman–Crippen LogP) is 8.09. The first kappa shape index (κ1) is 47.6. The normalized spacial score (nSPS) is 18.4. The molecule has 0 saturated carbocycles. The molecule has 0 fully saturated rings. The van der Waals surface area contributed by atoms with E-state index >= 15 is 0 Å². The van der Waals surface area contributed by atoms with E-state index < -0.39 is 20.2 Å². The smallest absolute Gasteiger partial charge is 0.264 e. The monoisotopic (exact) mass is 899 g/mol. The number of unbranched alkanes of at least 4 members (excludes halogenated alkanes) is 2. The highest BCUT2D eigenvalue weighted by Crippen LogP contribution is 2.48. The second-order valence-electron chi connectivity index (χ2n) is 17.6. The van der Waals surface area contributed by atoms with E-state index in [1.54, 1.807) is 0 Å². The summed E-state index contributed by atoms with van der Waals surface area (Å²) >= 11 is 0. The number of nitrogens with two attached hydrogens (primary N) is 1. The van der Waals surface area contributed by atoms with Crippen LogP contribution in [0.25, 0.3) is 0 Å². The first-order valence-electron chi connectivity index (χ1n) is 22.0. The number of allylic oxidation sites excluding steroid dienone is 7. The van der Waals surface area contributed by atoms with E-state index in [0.717, 1.165) is 64.5 Å². The van der Waals surface area contributed by atoms with Crippen molar-refractivity contribution in [2.75, 3.05) is 42.6 Å². The minimum atomic E-state index is -4.05. The summed E-state index contributed by atoms with van der Waals surface area (Å²) in [5, 5.41) is 2.82. The average Bonchev–Trinajstić information content (AvgIpc) is 3.59. The highest BCUT2D eigenvalue weighted by Gasteiger charge is 2.44. The van der Waals surface area contributed by atoms with Gasteiger partial charge in [0.05, 0.1) is 16.9 Å². The van der Waals surface area contributed by atoms with Gasteiger partial charge in [0, 0.05) is 67.0 Å². The Hall–Kier alpha value is -4.86. The second-order valence-corrected chi connectivity index (χ2v) is 20.8. The van der Waals surface area contributed by atoms with Crippen LogP contribution in [0.5, 0.6) is 5.75 Å². The zero-order valence-electron chi connectivity index (χ0n) is 37.0. The van der Waals surface area contributed by atoms with Crippen LogP contribution < -0.4 is 20.7 Å². The molecule has 0 radical (unpaired) electrons. The summed E-state index contributed by atoms with van der Waals surface area (Å²) in [5.74, 6) is 0.835. The highest BCUT2D eigenvalue weighted by molar-refractivity contribution is 7.86. The number of carbonyl (C=O) groups excluding carboxylic acids is 1. The summed E-state index contributed by atoms with van der Waals surface area (Å²) in [4.78, 5) is 14.5. The molecular formula is C49H63N4O8S2+. The van der Waals surface area contributed by atoms with E-state index in [-0.39, 0.29) is 28.2 Å². The van der Waals surface area contributed by atoms with Crippen LogP contribution in [0.15, 0.2) is 120 Å². The third-order valence-electron chi connectivity index (χ3n) is 12.3. The van der Waals surface area contributed by atoms with E-state index in [9.17, 15) is 30.7 Å². The fourth-order valence-corrected chi connectivity index (χ4v) is 10.1. The van der Waals surface area contributed by atoms with Gasteiger partial charge in [0.2, 0.25) is 11.6 Å². The van der Waals surface area contributed by atoms with Gasteiger partial charge in [-0.1, -0.05) is 68.5 Å². The van der Waals surface area contributed by atoms with Crippen molar-refractivity contribution in [2.45, 2.75) is 96.3 Å². The van der Waals surface area contributed by atoms with Crippen LogP contribution in [0, 0.1) is 0 Å². The molecule has 63 heavy (non-hydrogen) atoms. The summed E-state index contributed by atoms with van der Waals surface area (Å²) in [5.41, 5.74) is 14.6. The molecule has 1 aliphatic carbocycles. The Labute approximate surface area is 373 Å². The Kier molecular flexibility index (Phi) is 15.4. The van der Waals surface area contributed by atoms with E-state index in [1.807, 2.05) is 48.5 Å². The average molecular weight is 900 g/mol. The second kappa shape index (κ2) is 20.3. The van der Waals surface area contributed by atoms with E-state index in [0.29, 0.717) is 70.5 Å². The molecule has 3 aromatic rings. The lowest BCUT2D eigenvalue weighted by Gasteiger charge is -2.27. The number of nitrogens with one attached hydrogen (secondary N) is 1. The molecule has 1 amide bonds. The summed E-state index contributed by atoms with van der Waals surface area (Å²) < 4.78 is 74.0. The summed E-state index contributed by atoms with van der Waals surface area (Å²) in [6.45, 7) is 10.8. The number of carbonyl (C=O) groups is 1. The number of rotatable bonds is 20. The maximum absolute atomic E-state index is 12.3. The van der Waals surface area contributed by atoms with E-state index in [1.165, 1.54) is 11.1 Å². The van der Waals surface area contributed by atoms with Gasteiger partial charge >= 0.3 is 0 Å². The number of nitrogens with zero attached hydrogens (tertiary/aromatic N) is 2. The SMILES string of the molecule is CC1(C)C(/C=C/C2=C(Oc3ccc(CCC(=O)NCCN)cc3)C(=C/C=C3/N(CCCCS(=O)(=O)O)c4ccccc4C3(C)C)/CCC2)=[N+](CCCCS(=O)(=O)O)c2ccccc21. The standard InChI is InChI=1S/C49H62N4O8S2/c1-48(2)40-16-5-7-18-42(40)52(32-9-11-34-62(55,56)57)44(48)27-23-37-14-13-15-38(47(37)61-39-25-20-36(21-26-39)22-29-46(54)51-31-30-50)24-28-45-49(3,4)41-17-6-8-19-43(41)53(45)33-10-12-35-63(58,59)60/h5-8,16-21,23-28H,9-15,22,29-35,50H2,1-4H3,(H2-,51,54,55,56,57,58,59,60)/p+1. The van der Waals surface area contributed by atoms with Gasteiger partial charge < -0.3 is 20.7 Å². The molecule has 12 nitrogen and oxygen atoms in total. The molecule has 0 unspecified atom stereocenters. The van der Waals surface area contributed by atoms with Crippen molar-refractivity contribution >= 4 is 43.2 Å². The van der Waals surface area contributed by atoms with Crippen molar-refractivity contribution in [3.63, 3.8) is 0 Å².